The highest BCUT2D eigenvalue weighted by Crippen LogP contribution is 2.38. The van der Waals surface area contributed by atoms with Gasteiger partial charge in [-0.1, -0.05) is 64.3 Å². The topological polar surface area (TPSA) is 38.0 Å². The van der Waals surface area contributed by atoms with Gasteiger partial charge in [0.2, 0.25) is 0 Å². The monoisotopic (exact) mass is 364 g/mol. The van der Waals surface area contributed by atoms with E-state index in [-0.39, 0.29) is 6.04 Å². The average Bonchev–Trinajstić information content (AvgIpc) is 2.40. The minimum atomic E-state index is -0.0448. The van der Waals surface area contributed by atoms with Crippen LogP contribution in [-0.2, 0) is 0 Å². The van der Waals surface area contributed by atoms with Crippen molar-refractivity contribution in [2.75, 3.05) is 0 Å². The van der Waals surface area contributed by atoms with Crippen LogP contribution in [0.25, 0.3) is 0 Å². The van der Waals surface area contributed by atoms with Crippen molar-refractivity contribution < 1.29 is 0 Å². The van der Waals surface area contributed by atoms with Crippen LogP contribution in [0.2, 0.25) is 5.02 Å². The standard InChI is InChI=1S/C17H18BrClN2/c18-16-10-14(19)7-8-15(16)17(21-20)13-6-2-5-12(9-13)11-3-1-4-11/h2,5-11,17,21H,1,3-4,20H2. The lowest BCUT2D eigenvalue weighted by molar-refractivity contribution is 0.419. The van der Waals surface area contributed by atoms with Crippen LogP contribution in [0, 0.1) is 0 Å². The van der Waals surface area contributed by atoms with Crippen LogP contribution in [0.1, 0.15) is 47.9 Å². The molecule has 0 aliphatic heterocycles. The molecule has 1 saturated carbocycles. The van der Waals surface area contributed by atoms with Gasteiger partial charge in [-0.15, -0.1) is 0 Å². The second kappa shape index (κ2) is 6.49. The van der Waals surface area contributed by atoms with Crippen molar-refractivity contribution >= 4 is 27.5 Å². The fourth-order valence-electron chi connectivity index (χ4n) is 2.84. The van der Waals surface area contributed by atoms with E-state index in [0.717, 1.165) is 16.0 Å². The first-order valence-corrected chi connectivity index (χ1v) is 8.37. The second-order valence-corrected chi connectivity index (χ2v) is 6.85. The molecule has 1 atom stereocenters. The highest BCUT2D eigenvalue weighted by atomic mass is 79.9. The van der Waals surface area contributed by atoms with Gasteiger partial charge in [0, 0.05) is 9.50 Å². The third-order valence-electron chi connectivity index (χ3n) is 4.26. The zero-order valence-corrected chi connectivity index (χ0v) is 14.0. The Morgan fingerprint density at radius 3 is 2.62 bits per heavy atom. The summed E-state index contributed by atoms with van der Waals surface area (Å²) in [4.78, 5) is 0. The molecule has 21 heavy (non-hydrogen) atoms. The molecule has 0 saturated heterocycles. The van der Waals surface area contributed by atoms with Crippen LogP contribution >= 0.6 is 27.5 Å². The summed E-state index contributed by atoms with van der Waals surface area (Å²) in [5.41, 5.74) is 6.62. The maximum absolute atomic E-state index is 6.02. The number of nitrogens with two attached hydrogens (primary N) is 1. The lowest BCUT2D eigenvalue weighted by atomic mass is 9.79. The molecule has 2 aromatic carbocycles. The van der Waals surface area contributed by atoms with Crippen molar-refractivity contribution in [1.82, 2.24) is 5.43 Å². The fraction of sp³-hybridized carbons (Fsp3) is 0.294. The summed E-state index contributed by atoms with van der Waals surface area (Å²) in [6.45, 7) is 0. The Morgan fingerprint density at radius 2 is 2.00 bits per heavy atom. The molecule has 110 valence electrons. The second-order valence-electron chi connectivity index (χ2n) is 5.56. The molecule has 1 aliphatic rings. The van der Waals surface area contributed by atoms with E-state index in [1.165, 1.54) is 30.4 Å². The van der Waals surface area contributed by atoms with Gasteiger partial charge in [-0.2, -0.15) is 0 Å². The molecule has 2 nitrogen and oxygen atoms in total. The largest absolute Gasteiger partial charge is 0.271 e. The van der Waals surface area contributed by atoms with Gasteiger partial charge in [-0.3, -0.25) is 5.84 Å². The summed E-state index contributed by atoms with van der Waals surface area (Å²) >= 11 is 9.60. The Bertz CT molecular complexity index is 640. The van der Waals surface area contributed by atoms with Gasteiger partial charge in [-0.05, 0) is 47.6 Å². The predicted molar refractivity (Wildman–Crippen MR) is 91.4 cm³/mol. The molecule has 4 heteroatoms. The Morgan fingerprint density at radius 1 is 1.19 bits per heavy atom. The van der Waals surface area contributed by atoms with Crippen molar-refractivity contribution in [3.63, 3.8) is 0 Å². The molecular weight excluding hydrogens is 348 g/mol. The molecule has 1 fully saturated rings. The molecule has 0 spiro atoms. The first-order valence-electron chi connectivity index (χ1n) is 7.20. The normalized spacial score (nSPS) is 16.5. The van der Waals surface area contributed by atoms with Crippen LogP contribution in [0.4, 0.5) is 0 Å². The van der Waals surface area contributed by atoms with E-state index < -0.39 is 0 Å². The Hall–Kier alpha value is -0.870. The van der Waals surface area contributed by atoms with Crippen LogP contribution in [-0.4, -0.2) is 0 Å². The number of benzene rings is 2. The average molecular weight is 366 g/mol. The molecule has 1 unspecified atom stereocenters. The molecule has 0 radical (unpaired) electrons. The van der Waals surface area contributed by atoms with E-state index in [4.69, 9.17) is 17.4 Å². The van der Waals surface area contributed by atoms with E-state index in [2.05, 4.69) is 45.6 Å². The maximum atomic E-state index is 6.02. The zero-order valence-electron chi connectivity index (χ0n) is 11.7. The van der Waals surface area contributed by atoms with Gasteiger partial charge in [-0.25, -0.2) is 5.43 Å². The van der Waals surface area contributed by atoms with Gasteiger partial charge in [0.1, 0.15) is 0 Å². The van der Waals surface area contributed by atoms with Crippen molar-refractivity contribution in [3.05, 3.63) is 68.7 Å². The summed E-state index contributed by atoms with van der Waals surface area (Å²) in [7, 11) is 0. The number of rotatable bonds is 4. The van der Waals surface area contributed by atoms with E-state index in [0.29, 0.717) is 5.02 Å². The Labute approximate surface area is 138 Å². The van der Waals surface area contributed by atoms with E-state index in [9.17, 15) is 0 Å². The summed E-state index contributed by atoms with van der Waals surface area (Å²) in [6, 6.07) is 14.5. The number of nitrogens with one attached hydrogen (secondary N) is 1. The van der Waals surface area contributed by atoms with Crippen LogP contribution in [0.3, 0.4) is 0 Å². The minimum absolute atomic E-state index is 0.0448. The molecule has 3 rings (SSSR count). The first-order chi connectivity index (χ1) is 10.2. The Kier molecular flexibility index (Phi) is 4.65. The molecule has 0 bridgehead atoms. The smallest absolute Gasteiger partial charge is 0.0721 e. The third kappa shape index (κ3) is 3.16. The maximum Gasteiger partial charge on any atom is 0.0721 e. The SMILES string of the molecule is NNC(c1cccc(C2CCC2)c1)c1ccc(Cl)cc1Br. The van der Waals surface area contributed by atoms with Gasteiger partial charge >= 0.3 is 0 Å². The highest BCUT2D eigenvalue weighted by molar-refractivity contribution is 9.10. The number of hydrazine groups is 1. The van der Waals surface area contributed by atoms with Gasteiger partial charge in [0.15, 0.2) is 0 Å². The molecule has 1 aliphatic carbocycles. The van der Waals surface area contributed by atoms with Crippen molar-refractivity contribution in [2.24, 2.45) is 5.84 Å². The lowest BCUT2D eigenvalue weighted by Crippen LogP contribution is -2.29. The number of hydrogen-bond donors (Lipinski definition) is 2. The van der Waals surface area contributed by atoms with E-state index >= 15 is 0 Å². The number of hydrogen-bond acceptors (Lipinski definition) is 2. The van der Waals surface area contributed by atoms with Crippen LogP contribution < -0.4 is 11.3 Å². The first kappa shape index (κ1) is 15.0. The molecule has 0 heterocycles. The molecule has 0 aromatic heterocycles. The van der Waals surface area contributed by atoms with Crippen molar-refractivity contribution in [1.29, 1.82) is 0 Å². The number of halogens is 2. The summed E-state index contributed by atoms with van der Waals surface area (Å²) in [5.74, 6) is 6.53. The van der Waals surface area contributed by atoms with Gasteiger partial charge in [0.05, 0.1) is 6.04 Å². The predicted octanol–water partition coefficient (Wildman–Crippen LogP) is 4.92. The summed E-state index contributed by atoms with van der Waals surface area (Å²) in [6.07, 6.45) is 3.94. The molecule has 3 N–H and O–H groups in total. The lowest BCUT2D eigenvalue weighted by Gasteiger charge is -2.27. The van der Waals surface area contributed by atoms with Crippen molar-refractivity contribution in [2.45, 2.75) is 31.2 Å². The minimum Gasteiger partial charge on any atom is -0.271 e. The highest BCUT2D eigenvalue weighted by Gasteiger charge is 2.21. The fourth-order valence-corrected chi connectivity index (χ4v) is 3.75. The van der Waals surface area contributed by atoms with E-state index in [1.54, 1.807) is 0 Å². The molecular formula is C17H18BrClN2. The van der Waals surface area contributed by atoms with Crippen LogP contribution in [0.15, 0.2) is 46.9 Å². The summed E-state index contributed by atoms with van der Waals surface area (Å²) < 4.78 is 0.965. The molecule has 0 amide bonds. The van der Waals surface area contributed by atoms with Gasteiger partial charge < -0.3 is 0 Å². The van der Waals surface area contributed by atoms with Crippen molar-refractivity contribution in [3.8, 4) is 0 Å². The van der Waals surface area contributed by atoms with E-state index in [1.807, 2.05) is 18.2 Å². The zero-order chi connectivity index (χ0) is 14.8. The third-order valence-corrected chi connectivity index (χ3v) is 5.18. The molecule has 2 aromatic rings. The quantitative estimate of drug-likeness (QED) is 0.596. The van der Waals surface area contributed by atoms with Gasteiger partial charge in [0.25, 0.3) is 0 Å². The summed E-state index contributed by atoms with van der Waals surface area (Å²) in [5, 5.41) is 0.713. The Balaban J connectivity index is 1.95. The van der Waals surface area contributed by atoms with Crippen LogP contribution in [0.5, 0.6) is 0 Å².